The van der Waals surface area contributed by atoms with Gasteiger partial charge in [0.2, 0.25) is 5.60 Å². The molecular formula is C18H27N11O8S2. The third-order valence-electron chi connectivity index (χ3n) is 5.90. The zero-order valence-corrected chi connectivity index (χ0v) is 21.9. The summed E-state index contributed by atoms with van der Waals surface area (Å²) in [5.74, 6) is -3.08. The number of aromatic nitrogens is 4. The molecule has 3 atom stereocenters. The van der Waals surface area contributed by atoms with Gasteiger partial charge >= 0.3 is 16.3 Å². The SMILES string of the molecule is NCCCNCc1nnn(CC2C(NC(=O)/C(=N\OC3(C(=O)O)CC3)C3=CSC(N)N3)C(=O)N2S(=O)(=O)O)n1. The molecule has 2 amide bonds. The van der Waals surface area contributed by atoms with Gasteiger partial charge in [0.25, 0.3) is 11.8 Å². The maximum absolute atomic E-state index is 13.2. The van der Waals surface area contributed by atoms with E-state index in [2.05, 4.69) is 36.5 Å². The monoisotopic (exact) mass is 589 g/mol. The molecule has 1 aromatic heterocycles. The lowest BCUT2D eigenvalue weighted by atomic mass is 9.98. The molecule has 0 bridgehead atoms. The third-order valence-corrected chi connectivity index (χ3v) is 7.63. The predicted octanol–water partition coefficient (Wildman–Crippen LogP) is -3.98. The molecule has 4 rings (SSSR count). The largest absolute Gasteiger partial charge is 0.478 e. The number of carbonyl (C=O) groups is 3. The normalized spacial score (nSPS) is 24.0. The first-order chi connectivity index (χ1) is 18.4. The van der Waals surface area contributed by atoms with Gasteiger partial charge in [-0.25, -0.2) is 9.10 Å². The van der Waals surface area contributed by atoms with Crippen LogP contribution in [0.1, 0.15) is 25.1 Å². The highest BCUT2D eigenvalue weighted by atomic mass is 32.2. The number of carboxylic acids is 1. The molecule has 0 aromatic carbocycles. The molecule has 39 heavy (non-hydrogen) atoms. The fourth-order valence-corrected chi connectivity index (χ4v) is 5.19. The molecule has 2 fully saturated rings. The molecule has 1 saturated heterocycles. The second-order valence-electron chi connectivity index (χ2n) is 8.77. The first-order valence-corrected chi connectivity index (χ1v) is 14.0. The molecule has 214 valence electrons. The maximum atomic E-state index is 13.2. The Morgan fingerprint density at radius 3 is 2.72 bits per heavy atom. The number of amides is 2. The number of thioether (sulfide) groups is 1. The van der Waals surface area contributed by atoms with E-state index in [9.17, 15) is 32.5 Å². The summed E-state index contributed by atoms with van der Waals surface area (Å²) < 4.78 is 33.5. The van der Waals surface area contributed by atoms with Crippen molar-refractivity contribution in [2.24, 2.45) is 16.6 Å². The lowest BCUT2D eigenvalue weighted by Crippen LogP contribution is -2.73. The average molecular weight is 590 g/mol. The highest BCUT2D eigenvalue weighted by Crippen LogP contribution is 2.40. The predicted molar refractivity (Wildman–Crippen MR) is 132 cm³/mol. The smallest absolute Gasteiger partial charge is 0.362 e. The highest BCUT2D eigenvalue weighted by Gasteiger charge is 2.56. The third kappa shape index (κ3) is 6.45. The summed E-state index contributed by atoms with van der Waals surface area (Å²) in [4.78, 5) is 43.4. The quantitative estimate of drug-likeness (QED) is 0.0358. The molecule has 3 unspecified atom stereocenters. The number of tetrazole rings is 1. The standard InChI is InChI=1S/C18H27N11O8S2/c19-4-1-5-21-6-11-24-27-28(25-11)7-10-13(15(31)29(10)39(34,35)36)23-14(30)12(9-8-38-17(20)22-9)26-37-18(2-3-18)16(32)33/h8,10,13,17,21-22H,1-7,19-20H2,(H,23,30)(H,32,33)(H,34,35,36)/b26-12-. The van der Waals surface area contributed by atoms with E-state index < -0.39 is 57.0 Å². The highest BCUT2D eigenvalue weighted by molar-refractivity contribution is 8.02. The minimum Gasteiger partial charge on any atom is -0.478 e. The van der Waals surface area contributed by atoms with Crippen molar-refractivity contribution < 1.29 is 37.3 Å². The second-order valence-corrected chi connectivity index (χ2v) is 11.1. The van der Waals surface area contributed by atoms with Crippen molar-refractivity contribution in [3.63, 3.8) is 0 Å². The lowest BCUT2D eigenvalue weighted by Gasteiger charge is -2.43. The molecule has 21 heteroatoms. The number of rotatable bonds is 14. The van der Waals surface area contributed by atoms with Crippen LogP contribution in [0.5, 0.6) is 0 Å². The van der Waals surface area contributed by atoms with Gasteiger partial charge in [0.05, 0.1) is 18.8 Å². The summed E-state index contributed by atoms with van der Waals surface area (Å²) in [6.07, 6.45) is 1.10. The van der Waals surface area contributed by atoms with Gasteiger partial charge in [-0.1, -0.05) is 16.9 Å². The topological polar surface area (TPSA) is 282 Å². The Morgan fingerprint density at radius 1 is 1.38 bits per heavy atom. The van der Waals surface area contributed by atoms with Crippen molar-refractivity contribution in [2.75, 3.05) is 13.1 Å². The molecule has 3 heterocycles. The van der Waals surface area contributed by atoms with E-state index in [0.717, 1.165) is 23.0 Å². The van der Waals surface area contributed by atoms with Crippen LogP contribution in [0.2, 0.25) is 0 Å². The van der Waals surface area contributed by atoms with Crippen molar-refractivity contribution in [1.29, 1.82) is 0 Å². The summed E-state index contributed by atoms with van der Waals surface area (Å²) in [6.45, 7) is 1.02. The maximum Gasteiger partial charge on any atom is 0.362 e. The Balaban J connectivity index is 1.50. The lowest BCUT2D eigenvalue weighted by molar-refractivity contribution is -0.153. The van der Waals surface area contributed by atoms with Crippen molar-refractivity contribution >= 4 is 45.6 Å². The average Bonchev–Trinajstić information content (AvgIpc) is 3.33. The number of nitrogens with zero attached hydrogens (tertiary/aromatic N) is 6. The van der Waals surface area contributed by atoms with Crippen LogP contribution in [-0.4, -0.2) is 102 Å². The van der Waals surface area contributed by atoms with E-state index in [1.165, 1.54) is 5.41 Å². The van der Waals surface area contributed by atoms with Crippen LogP contribution in [0.3, 0.4) is 0 Å². The van der Waals surface area contributed by atoms with Crippen LogP contribution >= 0.6 is 11.8 Å². The number of nitrogens with two attached hydrogens (primary N) is 2. The molecule has 9 N–H and O–H groups in total. The van der Waals surface area contributed by atoms with Crippen LogP contribution in [0, 0.1) is 0 Å². The summed E-state index contributed by atoms with van der Waals surface area (Å²) >= 11 is 1.11. The Kier molecular flexibility index (Phi) is 8.37. The number of carboxylic acid groups (broad SMARTS) is 1. The summed E-state index contributed by atoms with van der Waals surface area (Å²) in [5.41, 5.74) is 8.71. The number of hydrogen-bond donors (Lipinski definition) is 7. The van der Waals surface area contributed by atoms with Crippen LogP contribution < -0.4 is 27.4 Å². The van der Waals surface area contributed by atoms with Crippen molar-refractivity contribution in [1.82, 2.24) is 40.5 Å². The van der Waals surface area contributed by atoms with E-state index in [-0.39, 0.29) is 41.8 Å². The molecule has 1 saturated carbocycles. The van der Waals surface area contributed by atoms with E-state index >= 15 is 0 Å². The Labute approximate surface area is 225 Å². The molecule has 2 aliphatic heterocycles. The van der Waals surface area contributed by atoms with Gasteiger partial charge in [-0.15, -0.1) is 10.2 Å². The van der Waals surface area contributed by atoms with Gasteiger partial charge in [0.1, 0.15) is 17.6 Å². The molecular weight excluding hydrogens is 562 g/mol. The first kappa shape index (κ1) is 28.6. The number of oxime groups is 1. The molecule has 3 aliphatic rings. The zero-order valence-electron chi connectivity index (χ0n) is 20.3. The second kappa shape index (κ2) is 11.4. The van der Waals surface area contributed by atoms with E-state index in [0.29, 0.717) is 13.1 Å². The fourth-order valence-electron chi connectivity index (χ4n) is 3.66. The Bertz CT molecular complexity index is 1300. The van der Waals surface area contributed by atoms with Gasteiger partial charge in [-0.2, -0.15) is 13.2 Å². The number of carbonyl (C=O) groups excluding carboxylic acids is 2. The minimum atomic E-state index is -4.99. The summed E-state index contributed by atoms with van der Waals surface area (Å²) in [5, 5.41) is 34.5. The van der Waals surface area contributed by atoms with Gasteiger partial charge in [0, 0.05) is 18.2 Å². The van der Waals surface area contributed by atoms with Crippen LogP contribution in [-0.2, 0) is 42.6 Å². The van der Waals surface area contributed by atoms with Crippen molar-refractivity contribution in [3.8, 4) is 0 Å². The number of aliphatic carboxylic acids is 1. The molecule has 0 spiro atoms. The first-order valence-electron chi connectivity index (χ1n) is 11.6. The zero-order chi connectivity index (χ0) is 28.4. The van der Waals surface area contributed by atoms with Crippen LogP contribution in [0.25, 0.3) is 0 Å². The summed E-state index contributed by atoms with van der Waals surface area (Å²) in [7, 11) is -4.99. The Hall–Kier alpha value is -3.37. The molecule has 19 nitrogen and oxygen atoms in total. The fraction of sp³-hybridized carbons (Fsp3) is 0.611. The van der Waals surface area contributed by atoms with E-state index in [1.54, 1.807) is 0 Å². The van der Waals surface area contributed by atoms with E-state index in [4.69, 9.17) is 16.3 Å². The van der Waals surface area contributed by atoms with Gasteiger partial charge in [-0.05, 0) is 24.7 Å². The number of hydrogen-bond acceptors (Lipinski definition) is 15. The van der Waals surface area contributed by atoms with Crippen LogP contribution in [0.4, 0.5) is 0 Å². The van der Waals surface area contributed by atoms with Gasteiger partial charge in [0.15, 0.2) is 11.5 Å². The van der Waals surface area contributed by atoms with Crippen LogP contribution in [0.15, 0.2) is 16.3 Å². The van der Waals surface area contributed by atoms with Crippen molar-refractivity contribution in [3.05, 3.63) is 16.9 Å². The summed E-state index contributed by atoms with van der Waals surface area (Å²) in [6, 6.07) is -2.76. The van der Waals surface area contributed by atoms with Gasteiger partial charge < -0.3 is 37.4 Å². The van der Waals surface area contributed by atoms with E-state index in [1.807, 2.05) is 0 Å². The molecule has 1 aromatic rings. The van der Waals surface area contributed by atoms with Crippen molar-refractivity contribution in [2.45, 2.75) is 55.5 Å². The minimum absolute atomic E-state index is 0.103. The molecule has 0 radical (unpaired) electrons. The Morgan fingerprint density at radius 2 is 2.13 bits per heavy atom. The number of β-lactam (4-membered cyclic amide) rings is 1. The molecule has 1 aliphatic carbocycles. The number of nitrogens with one attached hydrogen (secondary N) is 3. The van der Waals surface area contributed by atoms with Gasteiger partial charge in [-0.3, -0.25) is 14.1 Å².